The lowest BCUT2D eigenvalue weighted by molar-refractivity contribution is -0.110. The fourth-order valence-electron chi connectivity index (χ4n) is 4.65. The monoisotopic (exact) mass is 457 g/mol. The summed E-state index contributed by atoms with van der Waals surface area (Å²) in [5.74, 6) is -1.32. The van der Waals surface area contributed by atoms with Crippen LogP contribution < -0.4 is 10.6 Å². The molecule has 8 nitrogen and oxygen atoms in total. The van der Waals surface area contributed by atoms with Crippen molar-refractivity contribution in [2.75, 3.05) is 23.7 Å². The number of carbonyl (C=O) groups is 2. The molecule has 1 amide bonds. The first-order valence-electron chi connectivity index (χ1n) is 11.5. The van der Waals surface area contributed by atoms with Gasteiger partial charge in [-0.3, -0.25) is 14.4 Å². The summed E-state index contributed by atoms with van der Waals surface area (Å²) >= 11 is 0. The molecule has 0 saturated carbocycles. The van der Waals surface area contributed by atoms with E-state index in [1.54, 1.807) is 16.9 Å². The molecule has 3 heterocycles. The number of benzene rings is 2. The summed E-state index contributed by atoms with van der Waals surface area (Å²) in [4.78, 5) is 27.1. The van der Waals surface area contributed by atoms with Gasteiger partial charge in [0.2, 0.25) is 0 Å². The first-order chi connectivity index (χ1) is 16.5. The van der Waals surface area contributed by atoms with Gasteiger partial charge in [-0.05, 0) is 61.8 Å². The number of piperidine rings is 1. The van der Waals surface area contributed by atoms with Crippen LogP contribution in [0.4, 0.5) is 11.4 Å². The number of nitrogens with zero attached hydrogens (tertiary/aromatic N) is 3. The van der Waals surface area contributed by atoms with Crippen LogP contribution in [0.15, 0.2) is 54.9 Å². The number of hydrogen-bond acceptors (Lipinski definition) is 5. The molecule has 0 bridgehead atoms. The third kappa shape index (κ3) is 4.45. The average Bonchev–Trinajstić information content (AvgIpc) is 3.40. The first-order valence-corrected chi connectivity index (χ1v) is 11.5. The molecule has 5 rings (SSSR count). The van der Waals surface area contributed by atoms with Crippen LogP contribution >= 0.6 is 0 Å². The molecule has 3 aromatic rings. The second-order valence-corrected chi connectivity index (χ2v) is 8.83. The number of hydrogen-bond donors (Lipinski definition) is 3. The quantitative estimate of drug-likeness (QED) is 0.483. The van der Waals surface area contributed by atoms with Gasteiger partial charge in [0, 0.05) is 42.3 Å². The van der Waals surface area contributed by atoms with E-state index < -0.39 is 5.97 Å². The molecule has 1 saturated heterocycles. The van der Waals surface area contributed by atoms with E-state index in [0.29, 0.717) is 22.5 Å². The lowest BCUT2D eigenvalue weighted by Gasteiger charge is -2.26. The number of aryl methyl sites for hydroxylation is 1. The number of amides is 1. The molecule has 174 valence electrons. The first kappa shape index (κ1) is 21.9. The van der Waals surface area contributed by atoms with E-state index in [0.717, 1.165) is 30.9 Å². The number of carbonyl (C=O) groups excluding carboxylic acids is 1. The van der Waals surface area contributed by atoms with Crippen molar-refractivity contribution in [3.05, 3.63) is 77.1 Å². The van der Waals surface area contributed by atoms with E-state index in [2.05, 4.69) is 32.8 Å². The number of rotatable bonds is 6. The van der Waals surface area contributed by atoms with Crippen LogP contribution in [0.5, 0.6) is 0 Å². The van der Waals surface area contributed by atoms with Crippen molar-refractivity contribution < 1.29 is 14.7 Å². The Labute approximate surface area is 197 Å². The highest BCUT2D eigenvalue weighted by molar-refractivity contribution is 6.37. The number of carboxylic acid groups (broad SMARTS) is 1. The summed E-state index contributed by atoms with van der Waals surface area (Å²) in [6.45, 7) is 3.12. The highest BCUT2D eigenvalue weighted by Crippen LogP contribution is 2.38. The molecule has 1 aromatic heterocycles. The number of nitrogens with one attached hydrogen (secondary N) is 2. The predicted octanol–water partition coefficient (Wildman–Crippen LogP) is 4.04. The second kappa shape index (κ2) is 9.15. The van der Waals surface area contributed by atoms with Crippen molar-refractivity contribution in [2.45, 2.75) is 25.8 Å². The smallest absolute Gasteiger partial charge is 0.335 e. The molecule has 2 aliphatic heterocycles. The van der Waals surface area contributed by atoms with Crippen molar-refractivity contribution in [1.82, 2.24) is 14.7 Å². The number of likely N-dealkylation sites (tertiary alicyclic amines) is 1. The van der Waals surface area contributed by atoms with Gasteiger partial charge in [0.15, 0.2) is 0 Å². The molecule has 0 radical (unpaired) electrons. The number of fused-ring (bicyclic) bond motifs is 1. The van der Waals surface area contributed by atoms with E-state index in [1.807, 2.05) is 25.4 Å². The molecule has 0 aliphatic carbocycles. The minimum absolute atomic E-state index is 0.127. The van der Waals surface area contributed by atoms with Crippen LogP contribution in [0.3, 0.4) is 0 Å². The van der Waals surface area contributed by atoms with Crippen molar-refractivity contribution in [3.8, 4) is 0 Å². The maximum atomic E-state index is 13.1. The maximum absolute atomic E-state index is 13.1. The number of carboxylic acids is 1. The summed E-state index contributed by atoms with van der Waals surface area (Å²) in [5, 5.41) is 20.1. The van der Waals surface area contributed by atoms with Crippen molar-refractivity contribution in [1.29, 1.82) is 0 Å². The molecular formula is C26H27N5O3. The maximum Gasteiger partial charge on any atom is 0.335 e. The lowest BCUT2D eigenvalue weighted by atomic mass is 9.99. The Kier molecular flexibility index (Phi) is 5.90. The SMILES string of the molecule is Cn1cc(/C(Nc2cccc(CN3CCCCC3)c2)=C2/C(=O)Nc3ccc(C(=O)O)cc32)cn1. The number of aromatic nitrogens is 2. The highest BCUT2D eigenvalue weighted by Gasteiger charge is 2.30. The zero-order valence-corrected chi connectivity index (χ0v) is 19.0. The molecule has 0 spiro atoms. The van der Waals surface area contributed by atoms with E-state index in [1.165, 1.54) is 37.0 Å². The normalized spacial score (nSPS) is 17.3. The molecule has 3 N–H and O–H groups in total. The highest BCUT2D eigenvalue weighted by atomic mass is 16.4. The summed E-state index contributed by atoms with van der Waals surface area (Å²) < 4.78 is 1.67. The van der Waals surface area contributed by atoms with Crippen molar-refractivity contribution >= 4 is 34.5 Å². The number of aromatic carboxylic acids is 1. The van der Waals surface area contributed by atoms with Gasteiger partial charge in [-0.1, -0.05) is 18.6 Å². The minimum atomic E-state index is -1.04. The van der Waals surface area contributed by atoms with Crippen LogP contribution in [-0.2, 0) is 18.4 Å². The molecule has 0 unspecified atom stereocenters. The fourth-order valence-corrected chi connectivity index (χ4v) is 4.65. The molecule has 2 aromatic carbocycles. The average molecular weight is 458 g/mol. The van der Waals surface area contributed by atoms with Gasteiger partial charge in [0.25, 0.3) is 5.91 Å². The standard InChI is InChI=1S/C26H27N5O3/c1-30-16-19(14-27-30)24(23-21-13-18(26(33)34)8-9-22(21)29-25(23)32)28-20-7-5-6-17(12-20)15-31-10-3-2-4-11-31/h5-9,12-14,16,28H,2-4,10-11,15H2,1H3,(H,29,32)(H,33,34)/b24-23-. The summed E-state index contributed by atoms with van der Waals surface area (Å²) in [5.41, 5.74) is 5.05. The van der Waals surface area contributed by atoms with Gasteiger partial charge >= 0.3 is 5.97 Å². The van der Waals surface area contributed by atoms with Gasteiger partial charge in [-0.15, -0.1) is 0 Å². The van der Waals surface area contributed by atoms with E-state index in [-0.39, 0.29) is 11.5 Å². The van der Waals surface area contributed by atoms with Gasteiger partial charge in [0.1, 0.15) is 0 Å². The Morgan fingerprint density at radius 1 is 1.12 bits per heavy atom. The molecule has 2 aliphatic rings. The molecular weight excluding hydrogens is 430 g/mol. The Bertz CT molecular complexity index is 1290. The number of anilines is 2. The molecule has 1 fully saturated rings. The van der Waals surface area contributed by atoms with Gasteiger partial charge in [0.05, 0.1) is 23.0 Å². The van der Waals surface area contributed by atoms with Crippen LogP contribution in [0, 0.1) is 0 Å². The van der Waals surface area contributed by atoms with E-state index in [9.17, 15) is 14.7 Å². The van der Waals surface area contributed by atoms with Crippen molar-refractivity contribution in [2.24, 2.45) is 7.05 Å². The topological polar surface area (TPSA) is 99.5 Å². The Morgan fingerprint density at radius 2 is 1.94 bits per heavy atom. The molecule has 8 heteroatoms. The Morgan fingerprint density at radius 3 is 2.68 bits per heavy atom. The van der Waals surface area contributed by atoms with E-state index in [4.69, 9.17) is 0 Å². The summed E-state index contributed by atoms with van der Waals surface area (Å²) in [6.07, 6.45) is 7.30. The lowest BCUT2D eigenvalue weighted by Crippen LogP contribution is -2.29. The third-order valence-electron chi connectivity index (χ3n) is 6.31. The predicted molar refractivity (Wildman–Crippen MR) is 131 cm³/mol. The van der Waals surface area contributed by atoms with Crippen LogP contribution in [0.25, 0.3) is 11.3 Å². The largest absolute Gasteiger partial charge is 0.478 e. The Balaban J connectivity index is 1.55. The van der Waals surface area contributed by atoms with Gasteiger partial charge < -0.3 is 15.7 Å². The van der Waals surface area contributed by atoms with Crippen molar-refractivity contribution in [3.63, 3.8) is 0 Å². The van der Waals surface area contributed by atoms with Gasteiger partial charge in [-0.25, -0.2) is 4.79 Å². The third-order valence-corrected chi connectivity index (χ3v) is 6.31. The van der Waals surface area contributed by atoms with Gasteiger partial charge in [-0.2, -0.15) is 5.10 Å². The Hall–Kier alpha value is -3.91. The zero-order chi connectivity index (χ0) is 23.7. The van der Waals surface area contributed by atoms with Crippen LogP contribution in [0.1, 0.15) is 46.3 Å². The van der Waals surface area contributed by atoms with Crippen LogP contribution in [-0.4, -0.2) is 44.8 Å². The fraction of sp³-hybridized carbons (Fsp3) is 0.269. The summed E-state index contributed by atoms with van der Waals surface area (Å²) in [6, 6.07) is 12.9. The zero-order valence-electron chi connectivity index (χ0n) is 19.0. The molecule has 34 heavy (non-hydrogen) atoms. The van der Waals surface area contributed by atoms with Crippen LogP contribution in [0.2, 0.25) is 0 Å². The minimum Gasteiger partial charge on any atom is -0.478 e. The van der Waals surface area contributed by atoms with E-state index >= 15 is 0 Å². The molecule has 0 atom stereocenters. The second-order valence-electron chi connectivity index (χ2n) is 8.83. The summed E-state index contributed by atoms with van der Waals surface area (Å²) in [7, 11) is 1.82.